The Hall–Kier alpha value is -2.57. The molecule has 3 aromatic rings. The number of nitrogens with zero attached hydrogens (tertiary/aromatic N) is 1. The Morgan fingerprint density at radius 1 is 1.03 bits per heavy atom. The Morgan fingerprint density at radius 3 is 2.14 bits per heavy atom. The molecule has 156 valence electrons. The number of amides is 1. The predicted molar refractivity (Wildman–Crippen MR) is 117 cm³/mol. The molecule has 1 heterocycles. The second kappa shape index (κ2) is 8.84. The van der Waals surface area contributed by atoms with Crippen molar-refractivity contribution in [2.45, 2.75) is 52.0 Å². The number of ether oxygens (including phenoxy) is 1. The lowest BCUT2D eigenvalue weighted by Gasteiger charge is -2.22. The molecule has 2 atom stereocenters. The first-order chi connectivity index (χ1) is 13.7. The predicted octanol–water partition coefficient (Wildman–Crippen LogP) is 3.66. The number of hydrogen-bond acceptors (Lipinski definition) is 4. The molecule has 0 aliphatic heterocycles. The zero-order valence-electron chi connectivity index (χ0n) is 17.6. The molecule has 29 heavy (non-hydrogen) atoms. The summed E-state index contributed by atoms with van der Waals surface area (Å²) in [6.45, 7) is 8.87. The largest absolute Gasteiger partial charge is 0.444 e. The van der Waals surface area contributed by atoms with Crippen LogP contribution in [0.2, 0.25) is 0 Å². The van der Waals surface area contributed by atoms with Crippen molar-refractivity contribution in [2.24, 2.45) is 0 Å². The SMILES string of the molecule is C[C@@H](CNC[C@H](O)Cn1c2ccccc2c2ccccc21)NC(=O)OC(C)(C)C. The molecule has 6 heteroatoms. The lowest BCUT2D eigenvalue weighted by atomic mass is 10.2. The molecule has 2 aromatic carbocycles. The standard InChI is InChI=1S/C23H31N3O3/c1-16(25-22(28)29-23(2,3)4)13-24-14-17(27)15-26-20-11-7-5-9-18(20)19-10-6-8-12-21(19)26/h5-12,16-17,24,27H,13-15H2,1-4H3,(H,25,28)/t16-,17-/m0/s1. The number of aliphatic hydroxyl groups is 1. The minimum atomic E-state index is -0.553. The van der Waals surface area contributed by atoms with E-state index < -0.39 is 17.8 Å². The van der Waals surface area contributed by atoms with Gasteiger partial charge in [0.1, 0.15) is 5.60 Å². The summed E-state index contributed by atoms with van der Waals surface area (Å²) in [7, 11) is 0. The second-order valence-electron chi connectivity index (χ2n) is 8.50. The molecule has 0 unspecified atom stereocenters. The normalized spacial score (nSPS) is 14.1. The molecule has 1 aromatic heterocycles. The molecule has 0 bridgehead atoms. The van der Waals surface area contributed by atoms with Gasteiger partial charge in [0.2, 0.25) is 0 Å². The van der Waals surface area contributed by atoms with Crippen LogP contribution in [0.1, 0.15) is 27.7 Å². The molecule has 0 fully saturated rings. The van der Waals surface area contributed by atoms with Gasteiger partial charge >= 0.3 is 6.09 Å². The molecule has 3 N–H and O–H groups in total. The fourth-order valence-electron chi connectivity index (χ4n) is 3.50. The number of para-hydroxylation sites is 2. The van der Waals surface area contributed by atoms with Crippen LogP contribution >= 0.6 is 0 Å². The third kappa shape index (κ3) is 5.49. The quantitative estimate of drug-likeness (QED) is 0.569. The van der Waals surface area contributed by atoms with E-state index in [1.807, 2.05) is 52.0 Å². The van der Waals surface area contributed by atoms with Crippen LogP contribution in [0.15, 0.2) is 48.5 Å². The van der Waals surface area contributed by atoms with Gasteiger partial charge in [-0.15, -0.1) is 0 Å². The van der Waals surface area contributed by atoms with Crippen LogP contribution in [-0.4, -0.2) is 46.6 Å². The van der Waals surface area contributed by atoms with E-state index in [0.717, 1.165) is 11.0 Å². The highest BCUT2D eigenvalue weighted by Crippen LogP contribution is 2.28. The van der Waals surface area contributed by atoms with Gasteiger partial charge in [-0.1, -0.05) is 36.4 Å². The smallest absolute Gasteiger partial charge is 0.407 e. The molecular formula is C23H31N3O3. The molecule has 0 saturated heterocycles. The van der Waals surface area contributed by atoms with Gasteiger partial charge in [-0.3, -0.25) is 0 Å². The van der Waals surface area contributed by atoms with Gasteiger partial charge in [0.25, 0.3) is 0 Å². The van der Waals surface area contributed by atoms with Crippen LogP contribution in [0.3, 0.4) is 0 Å². The zero-order chi connectivity index (χ0) is 21.0. The van der Waals surface area contributed by atoms with E-state index in [4.69, 9.17) is 4.74 Å². The molecule has 1 amide bonds. The maximum atomic E-state index is 11.8. The number of hydrogen-bond donors (Lipinski definition) is 3. The van der Waals surface area contributed by atoms with Crippen LogP contribution in [0.5, 0.6) is 0 Å². The highest BCUT2D eigenvalue weighted by Gasteiger charge is 2.18. The van der Waals surface area contributed by atoms with Crippen LogP contribution in [0.4, 0.5) is 4.79 Å². The Balaban J connectivity index is 1.56. The highest BCUT2D eigenvalue weighted by molar-refractivity contribution is 6.07. The number of carbonyl (C=O) groups is 1. The molecule has 0 saturated carbocycles. The van der Waals surface area contributed by atoms with Crippen LogP contribution < -0.4 is 10.6 Å². The molecule has 0 aliphatic carbocycles. The summed E-state index contributed by atoms with van der Waals surface area (Å²) in [6.07, 6.45) is -0.986. The summed E-state index contributed by atoms with van der Waals surface area (Å²) in [5.74, 6) is 0. The highest BCUT2D eigenvalue weighted by atomic mass is 16.6. The first kappa shape index (κ1) is 21.1. The molecule has 3 rings (SSSR count). The minimum Gasteiger partial charge on any atom is -0.444 e. The summed E-state index contributed by atoms with van der Waals surface area (Å²) in [5, 5.41) is 19.0. The van der Waals surface area contributed by atoms with Crippen LogP contribution in [0.25, 0.3) is 21.8 Å². The van der Waals surface area contributed by atoms with E-state index in [1.54, 1.807) is 0 Å². The van der Waals surface area contributed by atoms with Gasteiger partial charge in [-0.2, -0.15) is 0 Å². The Labute approximate surface area is 171 Å². The van der Waals surface area contributed by atoms with E-state index in [0.29, 0.717) is 19.6 Å². The lowest BCUT2D eigenvalue weighted by Crippen LogP contribution is -2.44. The fraction of sp³-hybridized carbons (Fsp3) is 0.435. The summed E-state index contributed by atoms with van der Waals surface area (Å²) >= 11 is 0. The molecule has 6 nitrogen and oxygen atoms in total. The first-order valence-electron chi connectivity index (χ1n) is 10.1. The minimum absolute atomic E-state index is 0.106. The van der Waals surface area contributed by atoms with Crippen molar-refractivity contribution in [1.29, 1.82) is 0 Å². The third-order valence-electron chi connectivity index (χ3n) is 4.67. The van der Waals surface area contributed by atoms with E-state index >= 15 is 0 Å². The monoisotopic (exact) mass is 397 g/mol. The average molecular weight is 398 g/mol. The van der Waals surface area contributed by atoms with Crippen LogP contribution in [-0.2, 0) is 11.3 Å². The summed E-state index contributed by atoms with van der Waals surface area (Å²) in [4.78, 5) is 11.8. The summed E-state index contributed by atoms with van der Waals surface area (Å²) in [6, 6.07) is 16.4. The van der Waals surface area contributed by atoms with Crippen molar-refractivity contribution in [3.05, 3.63) is 48.5 Å². The number of fused-ring (bicyclic) bond motifs is 3. The third-order valence-corrected chi connectivity index (χ3v) is 4.67. The van der Waals surface area contributed by atoms with Crippen molar-refractivity contribution >= 4 is 27.9 Å². The van der Waals surface area contributed by atoms with Crippen molar-refractivity contribution in [2.75, 3.05) is 13.1 Å². The van der Waals surface area contributed by atoms with Crippen molar-refractivity contribution < 1.29 is 14.6 Å². The van der Waals surface area contributed by atoms with Gasteiger partial charge in [0.05, 0.1) is 12.6 Å². The van der Waals surface area contributed by atoms with Crippen molar-refractivity contribution in [3.8, 4) is 0 Å². The van der Waals surface area contributed by atoms with Crippen molar-refractivity contribution in [1.82, 2.24) is 15.2 Å². The number of alkyl carbamates (subject to hydrolysis) is 1. The number of rotatable bonds is 7. The molecular weight excluding hydrogens is 366 g/mol. The number of nitrogens with one attached hydrogen (secondary N) is 2. The summed E-state index contributed by atoms with van der Waals surface area (Å²) < 4.78 is 7.42. The molecule has 0 aliphatic rings. The number of benzene rings is 2. The van der Waals surface area contributed by atoms with E-state index in [2.05, 4.69) is 39.5 Å². The van der Waals surface area contributed by atoms with E-state index in [9.17, 15) is 9.90 Å². The fourth-order valence-corrected chi connectivity index (χ4v) is 3.50. The first-order valence-corrected chi connectivity index (χ1v) is 10.1. The van der Waals surface area contributed by atoms with Gasteiger partial charge in [0.15, 0.2) is 0 Å². The number of aliphatic hydroxyl groups excluding tert-OH is 1. The Morgan fingerprint density at radius 2 is 1.59 bits per heavy atom. The maximum Gasteiger partial charge on any atom is 0.407 e. The van der Waals surface area contributed by atoms with Gasteiger partial charge in [-0.05, 0) is 39.8 Å². The van der Waals surface area contributed by atoms with E-state index in [-0.39, 0.29) is 6.04 Å². The molecule has 0 radical (unpaired) electrons. The number of carbonyl (C=O) groups excluding carboxylic acids is 1. The van der Waals surface area contributed by atoms with Gasteiger partial charge in [-0.25, -0.2) is 4.79 Å². The average Bonchev–Trinajstić information content (AvgIpc) is 2.94. The second-order valence-corrected chi connectivity index (χ2v) is 8.50. The molecule has 0 spiro atoms. The summed E-state index contributed by atoms with van der Waals surface area (Å²) in [5.41, 5.74) is 1.72. The zero-order valence-corrected chi connectivity index (χ0v) is 17.6. The van der Waals surface area contributed by atoms with Gasteiger partial charge < -0.3 is 25.0 Å². The Bertz CT molecular complexity index is 921. The lowest BCUT2D eigenvalue weighted by molar-refractivity contribution is 0.0507. The number of aromatic nitrogens is 1. The van der Waals surface area contributed by atoms with E-state index in [1.165, 1.54) is 10.8 Å². The maximum absolute atomic E-state index is 11.8. The topological polar surface area (TPSA) is 75.5 Å². The van der Waals surface area contributed by atoms with Crippen molar-refractivity contribution in [3.63, 3.8) is 0 Å². The van der Waals surface area contributed by atoms with Crippen LogP contribution in [0, 0.1) is 0 Å². The Kier molecular flexibility index (Phi) is 6.45. The van der Waals surface area contributed by atoms with Gasteiger partial charge in [0, 0.05) is 40.9 Å².